The summed E-state index contributed by atoms with van der Waals surface area (Å²) in [5.74, 6) is 1.59. The summed E-state index contributed by atoms with van der Waals surface area (Å²) in [7, 11) is 0. The quantitative estimate of drug-likeness (QED) is 0.597. The van der Waals surface area contributed by atoms with E-state index in [2.05, 4.69) is 15.2 Å². The molecular weight excluding hydrogens is 385 g/mol. The van der Waals surface area contributed by atoms with Crippen molar-refractivity contribution in [2.24, 2.45) is 0 Å². The van der Waals surface area contributed by atoms with Gasteiger partial charge in [-0.15, -0.1) is 0 Å². The van der Waals surface area contributed by atoms with Gasteiger partial charge in [0.15, 0.2) is 11.7 Å². The van der Waals surface area contributed by atoms with E-state index in [0.29, 0.717) is 24.6 Å². The summed E-state index contributed by atoms with van der Waals surface area (Å²) in [6.45, 7) is 2.55. The van der Waals surface area contributed by atoms with Gasteiger partial charge in [-0.05, 0) is 62.3 Å². The van der Waals surface area contributed by atoms with Crippen LogP contribution in [-0.2, 0) is 11.2 Å². The fraction of sp³-hybridized carbons (Fsp3) is 0.391. The molecule has 30 heavy (non-hydrogen) atoms. The highest BCUT2D eigenvalue weighted by atomic mass is 19.1. The minimum atomic E-state index is -0.299. The van der Waals surface area contributed by atoms with Crippen molar-refractivity contribution in [3.63, 3.8) is 0 Å². The monoisotopic (exact) mass is 411 g/mol. The molecule has 1 saturated heterocycles. The van der Waals surface area contributed by atoms with Gasteiger partial charge in [-0.2, -0.15) is 0 Å². The van der Waals surface area contributed by atoms with Gasteiger partial charge in [-0.1, -0.05) is 6.42 Å². The smallest absolute Gasteiger partial charge is 0.220 e. The van der Waals surface area contributed by atoms with E-state index in [0.717, 1.165) is 24.4 Å². The molecule has 6 nitrogen and oxygen atoms in total. The lowest BCUT2D eigenvalue weighted by atomic mass is 10.1. The van der Waals surface area contributed by atoms with Gasteiger partial charge in [-0.3, -0.25) is 9.69 Å². The van der Waals surface area contributed by atoms with Crippen molar-refractivity contribution in [2.75, 3.05) is 19.6 Å². The first-order chi connectivity index (χ1) is 14.7. The van der Waals surface area contributed by atoms with Crippen molar-refractivity contribution >= 4 is 5.91 Å². The fourth-order valence-corrected chi connectivity index (χ4v) is 3.81. The third-order valence-electron chi connectivity index (χ3n) is 5.44. The van der Waals surface area contributed by atoms with E-state index in [-0.39, 0.29) is 24.2 Å². The number of rotatable bonds is 8. The molecule has 4 rings (SSSR count). The molecule has 0 spiro atoms. The minimum absolute atomic E-state index is 0.0508. The number of carbonyl (C=O) groups excluding carboxylic acids is 1. The molecule has 1 aliphatic heterocycles. The number of carbonyl (C=O) groups is 1. The molecule has 1 atom stereocenters. The minimum Gasteiger partial charge on any atom is -0.468 e. The number of halogens is 1. The Morgan fingerprint density at radius 2 is 1.97 bits per heavy atom. The van der Waals surface area contributed by atoms with E-state index in [9.17, 15) is 9.18 Å². The molecule has 1 fully saturated rings. The topological polar surface area (TPSA) is 71.5 Å². The molecule has 0 aliphatic carbocycles. The molecule has 1 amide bonds. The lowest BCUT2D eigenvalue weighted by Crippen LogP contribution is -2.40. The van der Waals surface area contributed by atoms with Crippen LogP contribution in [0.25, 0.3) is 11.3 Å². The van der Waals surface area contributed by atoms with Crippen molar-refractivity contribution < 1.29 is 18.0 Å². The average Bonchev–Trinajstić information content (AvgIpc) is 3.46. The Hall–Kier alpha value is -2.93. The van der Waals surface area contributed by atoms with E-state index in [1.807, 2.05) is 12.1 Å². The number of amides is 1. The highest BCUT2D eigenvalue weighted by Crippen LogP contribution is 2.25. The third kappa shape index (κ3) is 5.16. The van der Waals surface area contributed by atoms with E-state index >= 15 is 0 Å². The number of aromatic nitrogens is 1. The summed E-state index contributed by atoms with van der Waals surface area (Å²) in [6.07, 6.45) is 7.57. The van der Waals surface area contributed by atoms with E-state index in [1.54, 1.807) is 24.6 Å². The lowest BCUT2D eigenvalue weighted by Gasteiger charge is -2.33. The van der Waals surface area contributed by atoms with E-state index in [1.165, 1.54) is 31.4 Å². The number of aryl methyl sites for hydroxylation is 1. The molecule has 1 N–H and O–H groups in total. The van der Waals surface area contributed by atoms with Gasteiger partial charge >= 0.3 is 0 Å². The Balaban J connectivity index is 1.29. The normalized spacial score (nSPS) is 15.8. The van der Waals surface area contributed by atoms with Crippen molar-refractivity contribution in [3.8, 4) is 11.3 Å². The molecule has 7 heteroatoms. The number of benzene rings is 1. The van der Waals surface area contributed by atoms with Crippen molar-refractivity contribution in [3.05, 3.63) is 66.3 Å². The standard InChI is InChI=1S/C23H26FN3O3/c24-18-8-6-17(7-9-18)21-16-26-23(30-21)11-10-22(28)25-15-19(20-5-4-14-29-20)27-12-2-1-3-13-27/h4-9,14,16,19H,1-3,10-13,15H2,(H,25,28). The van der Waals surface area contributed by atoms with Crippen molar-refractivity contribution in [2.45, 2.75) is 38.1 Å². The van der Waals surface area contributed by atoms with Gasteiger partial charge < -0.3 is 14.2 Å². The maximum atomic E-state index is 13.1. The summed E-state index contributed by atoms with van der Waals surface area (Å²) >= 11 is 0. The summed E-state index contributed by atoms with van der Waals surface area (Å²) in [5.41, 5.74) is 0.752. The molecular formula is C23H26FN3O3. The van der Waals surface area contributed by atoms with Crippen LogP contribution in [0.15, 0.2) is 57.7 Å². The molecule has 0 bridgehead atoms. The van der Waals surface area contributed by atoms with Crippen LogP contribution in [0.5, 0.6) is 0 Å². The van der Waals surface area contributed by atoms with Gasteiger partial charge in [0.1, 0.15) is 11.6 Å². The van der Waals surface area contributed by atoms with Crippen LogP contribution in [0.3, 0.4) is 0 Å². The lowest BCUT2D eigenvalue weighted by molar-refractivity contribution is -0.121. The average molecular weight is 411 g/mol. The first-order valence-corrected chi connectivity index (χ1v) is 10.4. The zero-order chi connectivity index (χ0) is 20.8. The largest absolute Gasteiger partial charge is 0.468 e. The number of piperidine rings is 1. The molecule has 158 valence electrons. The predicted octanol–water partition coefficient (Wildman–Crippen LogP) is 4.35. The van der Waals surface area contributed by atoms with Crippen LogP contribution in [-0.4, -0.2) is 35.4 Å². The molecule has 1 aliphatic rings. The second-order valence-corrected chi connectivity index (χ2v) is 7.56. The Bertz CT molecular complexity index is 931. The SMILES string of the molecule is O=C(CCc1ncc(-c2ccc(F)cc2)o1)NCC(c1ccco1)N1CCCCC1. The Morgan fingerprint density at radius 1 is 1.17 bits per heavy atom. The second kappa shape index (κ2) is 9.71. The van der Waals surface area contributed by atoms with Gasteiger partial charge in [0.25, 0.3) is 0 Å². The van der Waals surface area contributed by atoms with Crippen LogP contribution in [0.4, 0.5) is 4.39 Å². The summed E-state index contributed by atoms with van der Waals surface area (Å²) < 4.78 is 24.4. The molecule has 2 aromatic heterocycles. The second-order valence-electron chi connectivity index (χ2n) is 7.56. The highest BCUT2D eigenvalue weighted by Gasteiger charge is 2.24. The summed E-state index contributed by atoms with van der Waals surface area (Å²) in [5, 5.41) is 3.03. The predicted molar refractivity (Wildman–Crippen MR) is 110 cm³/mol. The van der Waals surface area contributed by atoms with Crippen LogP contribution < -0.4 is 5.32 Å². The van der Waals surface area contributed by atoms with E-state index in [4.69, 9.17) is 8.83 Å². The zero-order valence-corrected chi connectivity index (χ0v) is 16.9. The Morgan fingerprint density at radius 3 is 2.70 bits per heavy atom. The van der Waals surface area contributed by atoms with Gasteiger partial charge in [0, 0.05) is 24.9 Å². The number of likely N-dealkylation sites (tertiary alicyclic amines) is 1. The van der Waals surface area contributed by atoms with Gasteiger partial charge in [-0.25, -0.2) is 9.37 Å². The third-order valence-corrected chi connectivity index (χ3v) is 5.44. The molecule has 0 saturated carbocycles. The first kappa shape index (κ1) is 20.3. The number of oxazole rings is 1. The zero-order valence-electron chi connectivity index (χ0n) is 16.9. The molecule has 3 heterocycles. The number of nitrogens with zero attached hydrogens (tertiary/aromatic N) is 2. The van der Waals surface area contributed by atoms with Gasteiger partial charge in [0.2, 0.25) is 5.91 Å². The number of nitrogens with one attached hydrogen (secondary N) is 1. The summed E-state index contributed by atoms with van der Waals surface area (Å²) in [4.78, 5) is 19.0. The highest BCUT2D eigenvalue weighted by molar-refractivity contribution is 5.76. The van der Waals surface area contributed by atoms with Crippen LogP contribution in [0.1, 0.15) is 43.4 Å². The fourth-order valence-electron chi connectivity index (χ4n) is 3.81. The number of hydrogen-bond acceptors (Lipinski definition) is 5. The summed E-state index contributed by atoms with van der Waals surface area (Å²) in [6, 6.07) is 9.94. The first-order valence-electron chi connectivity index (χ1n) is 10.4. The van der Waals surface area contributed by atoms with Crippen LogP contribution in [0.2, 0.25) is 0 Å². The maximum Gasteiger partial charge on any atom is 0.220 e. The van der Waals surface area contributed by atoms with Crippen molar-refractivity contribution in [1.29, 1.82) is 0 Å². The number of furan rings is 1. The Kier molecular flexibility index (Phi) is 6.59. The maximum absolute atomic E-state index is 13.1. The number of hydrogen-bond donors (Lipinski definition) is 1. The van der Waals surface area contributed by atoms with Crippen LogP contribution in [0, 0.1) is 5.82 Å². The van der Waals surface area contributed by atoms with E-state index < -0.39 is 0 Å². The van der Waals surface area contributed by atoms with Gasteiger partial charge in [0.05, 0.1) is 18.5 Å². The molecule has 3 aromatic rings. The van der Waals surface area contributed by atoms with Crippen molar-refractivity contribution in [1.82, 2.24) is 15.2 Å². The van der Waals surface area contributed by atoms with Crippen LogP contribution >= 0.6 is 0 Å². The molecule has 0 radical (unpaired) electrons. The molecule has 1 aromatic carbocycles. The molecule has 1 unspecified atom stereocenters. The Labute approximate surface area is 175 Å².